The second-order valence-corrected chi connectivity index (χ2v) is 9.65. The van der Waals surface area contributed by atoms with E-state index in [1.807, 2.05) is 16.7 Å². The van der Waals surface area contributed by atoms with Gasteiger partial charge < -0.3 is 9.80 Å². The van der Waals surface area contributed by atoms with Crippen LogP contribution in [0.25, 0.3) is 0 Å². The van der Waals surface area contributed by atoms with Gasteiger partial charge in [0.05, 0.1) is 15.5 Å². The third-order valence-electron chi connectivity index (χ3n) is 5.05. The number of likely N-dealkylation sites (tertiary alicyclic amines) is 1. The Morgan fingerprint density at radius 2 is 1.88 bits per heavy atom. The molecule has 0 saturated carbocycles. The van der Waals surface area contributed by atoms with Gasteiger partial charge in [0, 0.05) is 36.8 Å². The molecule has 26 heavy (non-hydrogen) atoms. The van der Waals surface area contributed by atoms with Crippen LogP contribution in [0.4, 0.5) is 0 Å². The highest BCUT2D eigenvalue weighted by Gasteiger charge is 2.46. The zero-order valence-corrected chi connectivity index (χ0v) is 17.5. The number of benzene rings is 1. The van der Waals surface area contributed by atoms with Crippen LogP contribution in [0, 0.1) is 5.92 Å². The number of hydrogen-bond donors (Lipinski definition) is 0. The lowest BCUT2D eigenvalue weighted by Gasteiger charge is -2.44. The number of amides is 2. The number of halogens is 2. The number of thioether (sulfide) groups is 1. The minimum atomic E-state index is -0.146. The Balaban J connectivity index is 1.68. The smallest absolute Gasteiger partial charge is 0.255 e. The summed E-state index contributed by atoms with van der Waals surface area (Å²) in [6.45, 7) is 6.23. The number of carbonyl (C=O) groups excluding carboxylic acids is 2. The average Bonchev–Trinajstić information content (AvgIpc) is 2.98. The molecule has 0 unspecified atom stereocenters. The van der Waals surface area contributed by atoms with Crippen molar-refractivity contribution < 1.29 is 9.59 Å². The van der Waals surface area contributed by atoms with Gasteiger partial charge in [-0.25, -0.2) is 0 Å². The molecule has 3 rings (SSSR count). The van der Waals surface area contributed by atoms with E-state index in [4.69, 9.17) is 23.2 Å². The summed E-state index contributed by atoms with van der Waals surface area (Å²) in [7, 11) is 0. The van der Waals surface area contributed by atoms with Gasteiger partial charge in [0.15, 0.2) is 0 Å². The Bertz CT molecular complexity index is 703. The molecule has 2 aliphatic heterocycles. The lowest BCUT2D eigenvalue weighted by Crippen LogP contribution is -2.53. The highest BCUT2D eigenvalue weighted by molar-refractivity contribution is 8.00. The molecule has 4 nitrogen and oxygen atoms in total. The Kier molecular flexibility index (Phi) is 6.10. The standard InChI is InChI=1S/C19H24Cl2N2O2S/c1-13(2)11-17(24)23-9-10-26-19(23)5-7-22(8-6-19)18(25)15-4-3-14(20)12-16(15)21/h3-4,12-13H,5-11H2,1-2H3. The summed E-state index contributed by atoms with van der Waals surface area (Å²) in [6, 6.07) is 4.96. The van der Waals surface area contributed by atoms with Crippen LogP contribution in [0.15, 0.2) is 18.2 Å². The van der Waals surface area contributed by atoms with Crippen LogP contribution in [0.2, 0.25) is 10.0 Å². The van der Waals surface area contributed by atoms with Gasteiger partial charge in [0.25, 0.3) is 5.91 Å². The molecule has 0 N–H and O–H groups in total. The number of rotatable bonds is 3. The summed E-state index contributed by atoms with van der Waals surface area (Å²) < 4.78 is 0. The maximum absolute atomic E-state index is 12.8. The van der Waals surface area contributed by atoms with Crippen LogP contribution < -0.4 is 0 Å². The molecule has 0 bridgehead atoms. The van der Waals surface area contributed by atoms with Crippen molar-refractivity contribution in [3.63, 3.8) is 0 Å². The summed E-state index contributed by atoms with van der Waals surface area (Å²) in [5.41, 5.74) is 0.485. The second-order valence-electron chi connectivity index (χ2n) is 7.35. The first-order valence-electron chi connectivity index (χ1n) is 9.01. The van der Waals surface area contributed by atoms with Crippen LogP contribution in [0.3, 0.4) is 0 Å². The van der Waals surface area contributed by atoms with E-state index in [9.17, 15) is 9.59 Å². The van der Waals surface area contributed by atoms with E-state index in [2.05, 4.69) is 18.7 Å². The minimum Gasteiger partial charge on any atom is -0.338 e. The first kappa shape index (κ1) is 19.8. The fourth-order valence-electron chi connectivity index (χ4n) is 3.73. The summed E-state index contributed by atoms with van der Waals surface area (Å²) in [4.78, 5) is 29.2. The highest BCUT2D eigenvalue weighted by Crippen LogP contribution is 2.44. The zero-order valence-electron chi connectivity index (χ0n) is 15.1. The van der Waals surface area contributed by atoms with E-state index in [0.717, 1.165) is 25.1 Å². The fraction of sp³-hybridized carbons (Fsp3) is 0.579. The Labute approximate surface area is 169 Å². The largest absolute Gasteiger partial charge is 0.338 e. The van der Waals surface area contributed by atoms with E-state index in [1.165, 1.54) is 0 Å². The molecule has 2 fully saturated rings. The number of hydrogen-bond acceptors (Lipinski definition) is 3. The van der Waals surface area contributed by atoms with Gasteiger partial charge in [-0.05, 0) is 37.0 Å². The van der Waals surface area contributed by atoms with Gasteiger partial charge in [-0.1, -0.05) is 37.0 Å². The number of nitrogens with zero attached hydrogens (tertiary/aromatic N) is 2. The quantitative estimate of drug-likeness (QED) is 0.728. The van der Waals surface area contributed by atoms with Crippen LogP contribution in [-0.2, 0) is 4.79 Å². The summed E-state index contributed by atoms with van der Waals surface area (Å²) >= 11 is 14.0. The summed E-state index contributed by atoms with van der Waals surface area (Å²) in [6.07, 6.45) is 2.20. The lowest BCUT2D eigenvalue weighted by atomic mass is 9.99. The van der Waals surface area contributed by atoms with Gasteiger partial charge in [0.2, 0.25) is 5.91 Å². The van der Waals surface area contributed by atoms with Crippen molar-refractivity contribution in [2.75, 3.05) is 25.4 Å². The molecule has 2 amide bonds. The van der Waals surface area contributed by atoms with Crippen molar-refractivity contribution in [2.45, 2.75) is 38.0 Å². The molecule has 0 aromatic heterocycles. The van der Waals surface area contributed by atoms with E-state index < -0.39 is 0 Å². The predicted molar refractivity (Wildman–Crippen MR) is 108 cm³/mol. The first-order valence-corrected chi connectivity index (χ1v) is 10.8. The van der Waals surface area contributed by atoms with Gasteiger partial charge >= 0.3 is 0 Å². The Hall–Kier alpha value is -0.910. The number of carbonyl (C=O) groups is 2. The van der Waals surface area contributed by atoms with Gasteiger partial charge in [-0.15, -0.1) is 11.8 Å². The second kappa shape index (κ2) is 7.99. The molecule has 1 spiro atoms. The predicted octanol–water partition coefficient (Wildman–Crippen LogP) is 4.55. The summed E-state index contributed by atoms with van der Waals surface area (Å²) in [5.74, 6) is 1.51. The normalized spacial score (nSPS) is 19.4. The lowest BCUT2D eigenvalue weighted by molar-refractivity contribution is -0.135. The van der Waals surface area contributed by atoms with Gasteiger partial charge in [0.1, 0.15) is 0 Å². The van der Waals surface area contributed by atoms with Crippen molar-refractivity contribution in [3.8, 4) is 0 Å². The van der Waals surface area contributed by atoms with Crippen molar-refractivity contribution >= 4 is 46.8 Å². The molecule has 0 aliphatic carbocycles. The third-order valence-corrected chi connectivity index (χ3v) is 7.16. The Morgan fingerprint density at radius 3 is 2.50 bits per heavy atom. The molecule has 2 heterocycles. The first-order chi connectivity index (χ1) is 12.3. The van der Waals surface area contributed by atoms with Crippen LogP contribution in [0.1, 0.15) is 43.5 Å². The van der Waals surface area contributed by atoms with Crippen molar-refractivity contribution in [2.24, 2.45) is 5.92 Å². The SMILES string of the molecule is CC(C)CC(=O)N1CCSC12CCN(C(=O)c1ccc(Cl)cc1Cl)CC2. The van der Waals surface area contributed by atoms with Crippen molar-refractivity contribution in [1.82, 2.24) is 9.80 Å². The third kappa shape index (κ3) is 4.00. The van der Waals surface area contributed by atoms with E-state index in [-0.39, 0.29) is 16.7 Å². The number of piperidine rings is 1. The maximum Gasteiger partial charge on any atom is 0.255 e. The molecule has 2 aliphatic rings. The van der Waals surface area contributed by atoms with Crippen LogP contribution in [-0.4, -0.2) is 51.9 Å². The van der Waals surface area contributed by atoms with E-state index in [0.29, 0.717) is 41.0 Å². The van der Waals surface area contributed by atoms with E-state index in [1.54, 1.807) is 18.2 Å². The molecular weight excluding hydrogens is 391 g/mol. The highest BCUT2D eigenvalue weighted by atomic mass is 35.5. The average molecular weight is 415 g/mol. The van der Waals surface area contributed by atoms with Crippen molar-refractivity contribution in [1.29, 1.82) is 0 Å². The van der Waals surface area contributed by atoms with Gasteiger partial charge in [-0.3, -0.25) is 9.59 Å². The molecule has 1 aromatic carbocycles. The topological polar surface area (TPSA) is 40.6 Å². The monoisotopic (exact) mass is 414 g/mol. The van der Waals surface area contributed by atoms with Crippen LogP contribution in [0.5, 0.6) is 0 Å². The molecule has 1 aromatic rings. The molecule has 7 heteroatoms. The maximum atomic E-state index is 12.8. The molecule has 0 radical (unpaired) electrons. The van der Waals surface area contributed by atoms with E-state index >= 15 is 0 Å². The molecule has 2 saturated heterocycles. The Morgan fingerprint density at radius 1 is 1.19 bits per heavy atom. The molecule has 142 valence electrons. The fourth-order valence-corrected chi connectivity index (χ4v) is 5.69. The molecular formula is C19H24Cl2N2O2S. The zero-order chi connectivity index (χ0) is 18.9. The van der Waals surface area contributed by atoms with Gasteiger partial charge in [-0.2, -0.15) is 0 Å². The molecule has 0 atom stereocenters. The van der Waals surface area contributed by atoms with Crippen LogP contribution >= 0.6 is 35.0 Å². The van der Waals surface area contributed by atoms with Crippen molar-refractivity contribution in [3.05, 3.63) is 33.8 Å². The summed E-state index contributed by atoms with van der Waals surface area (Å²) in [5, 5.41) is 0.901. The minimum absolute atomic E-state index is 0.0652.